The number of carbonyl (C=O) groups excluding carboxylic acids is 1. The van der Waals surface area contributed by atoms with Crippen molar-refractivity contribution in [2.45, 2.75) is 19.8 Å². The van der Waals surface area contributed by atoms with Gasteiger partial charge >= 0.3 is 0 Å². The van der Waals surface area contributed by atoms with Crippen molar-refractivity contribution in [3.05, 3.63) is 28.3 Å². The molecular formula is C10H13ClN2O. The van der Waals surface area contributed by atoms with Crippen LogP contribution >= 0.6 is 11.6 Å². The molecule has 4 heteroatoms. The van der Waals surface area contributed by atoms with Crippen LogP contribution in [-0.2, 0) is 6.42 Å². The summed E-state index contributed by atoms with van der Waals surface area (Å²) in [7, 11) is 0. The van der Waals surface area contributed by atoms with Gasteiger partial charge in [0.1, 0.15) is 0 Å². The van der Waals surface area contributed by atoms with Gasteiger partial charge in [-0.25, -0.2) is 0 Å². The largest absolute Gasteiger partial charge is 0.398 e. The quantitative estimate of drug-likeness (QED) is 0.753. The van der Waals surface area contributed by atoms with E-state index in [1.54, 1.807) is 6.07 Å². The molecule has 0 aliphatic rings. The predicted molar refractivity (Wildman–Crippen MR) is 58.4 cm³/mol. The molecule has 0 saturated heterocycles. The second-order valence-corrected chi connectivity index (χ2v) is 3.52. The summed E-state index contributed by atoms with van der Waals surface area (Å²) >= 11 is 5.82. The van der Waals surface area contributed by atoms with E-state index >= 15 is 0 Å². The molecule has 0 aromatic heterocycles. The summed E-state index contributed by atoms with van der Waals surface area (Å²) in [5.74, 6) is -0.578. The Labute approximate surface area is 88.0 Å². The molecule has 1 aromatic carbocycles. The summed E-state index contributed by atoms with van der Waals surface area (Å²) < 4.78 is 0. The van der Waals surface area contributed by atoms with Crippen LogP contribution in [0, 0.1) is 0 Å². The number of benzene rings is 1. The number of hydrogen-bond donors (Lipinski definition) is 2. The average molecular weight is 213 g/mol. The fraction of sp³-hybridized carbons (Fsp3) is 0.300. The van der Waals surface area contributed by atoms with Gasteiger partial charge in [0.2, 0.25) is 0 Å². The molecule has 0 aliphatic carbocycles. The number of hydrogen-bond acceptors (Lipinski definition) is 2. The van der Waals surface area contributed by atoms with E-state index in [4.69, 9.17) is 23.1 Å². The first kappa shape index (κ1) is 10.9. The Balaban J connectivity index is 3.26. The zero-order valence-electron chi connectivity index (χ0n) is 8.01. The third kappa shape index (κ3) is 1.99. The highest BCUT2D eigenvalue weighted by Gasteiger charge is 2.13. The van der Waals surface area contributed by atoms with E-state index in [0.29, 0.717) is 10.7 Å². The van der Waals surface area contributed by atoms with E-state index in [-0.39, 0.29) is 5.56 Å². The van der Waals surface area contributed by atoms with E-state index in [0.717, 1.165) is 18.4 Å². The van der Waals surface area contributed by atoms with E-state index < -0.39 is 5.91 Å². The molecule has 1 amide bonds. The lowest BCUT2D eigenvalue weighted by Crippen LogP contribution is -2.15. The Bertz CT molecular complexity index is 363. The fourth-order valence-corrected chi connectivity index (χ4v) is 1.63. The van der Waals surface area contributed by atoms with Gasteiger partial charge in [0, 0.05) is 5.69 Å². The van der Waals surface area contributed by atoms with Crippen molar-refractivity contribution in [2.24, 2.45) is 5.73 Å². The van der Waals surface area contributed by atoms with Crippen LogP contribution in [0.3, 0.4) is 0 Å². The summed E-state index contributed by atoms with van der Waals surface area (Å²) in [6.45, 7) is 2.04. The number of amides is 1. The Morgan fingerprint density at radius 1 is 1.50 bits per heavy atom. The molecule has 0 bridgehead atoms. The Kier molecular flexibility index (Phi) is 3.36. The number of anilines is 1. The summed E-state index contributed by atoms with van der Waals surface area (Å²) in [4.78, 5) is 11.1. The van der Waals surface area contributed by atoms with E-state index in [9.17, 15) is 4.79 Å². The summed E-state index contributed by atoms with van der Waals surface area (Å²) in [5.41, 5.74) is 12.5. The third-order valence-corrected chi connectivity index (χ3v) is 2.37. The van der Waals surface area contributed by atoms with Crippen molar-refractivity contribution in [1.82, 2.24) is 0 Å². The lowest BCUT2D eigenvalue weighted by atomic mass is 10.0. The molecule has 1 rings (SSSR count). The van der Waals surface area contributed by atoms with Gasteiger partial charge in [-0.3, -0.25) is 4.79 Å². The number of halogens is 1. The zero-order valence-corrected chi connectivity index (χ0v) is 8.77. The molecule has 0 spiro atoms. The maximum atomic E-state index is 11.1. The molecule has 0 saturated carbocycles. The molecular weight excluding hydrogens is 200 g/mol. The summed E-state index contributed by atoms with van der Waals surface area (Å²) in [6, 6.07) is 3.48. The lowest BCUT2D eigenvalue weighted by molar-refractivity contribution is 0.100. The molecule has 0 atom stereocenters. The van der Waals surface area contributed by atoms with Crippen LogP contribution in [-0.4, -0.2) is 5.91 Å². The van der Waals surface area contributed by atoms with Crippen molar-refractivity contribution in [1.29, 1.82) is 0 Å². The van der Waals surface area contributed by atoms with Crippen LogP contribution in [0.25, 0.3) is 0 Å². The molecule has 0 unspecified atom stereocenters. The lowest BCUT2D eigenvalue weighted by Gasteiger charge is -2.09. The SMILES string of the molecule is CCCc1ccc(Cl)c(C(N)=O)c1N. The highest BCUT2D eigenvalue weighted by Crippen LogP contribution is 2.26. The minimum atomic E-state index is -0.578. The highest BCUT2D eigenvalue weighted by molar-refractivity contribution is 6.34. The number of aryl methyl sites for hydroxylation is 1. The fourth-order valence-electron chi connectivity index (χ4n) is 1.37. The van der Waals surface area contributed by atoms with Crippen LogP contribution in [0.4, 0.5) is 5.69 Å². The normalized spacial score (nSPS) is 10.1. The van der Waals surface area contributed by atoms with Gasteiger partial charge in [0.15, 0.2) is 0 Å². The van der Waals surface area contributed by atoms with Crippen LogP contribution in [0.15, 0.2) is 12.1 Å². The Morgan fingerprint density at radius 3 is 2.64 bits per heavy atom. The molecule has 76 valence electrons. The van der Waals surface area contributed by atoms with Crippen molar-refractivity contribution < 1.29 is 4.79 Å². The van der Waals surface area contributed by atoms with Crippen molar-refractivity contribution in [3.8, 4) is 0 Å². The maximum absolute atomic E-state index is 11.1. The smallest absolute Gasteiger partial charge is 0.252 e. The van der Waals surface area contributed by atoms with Crippen LogP contribution in [0.5, 0.6) is 0 Å². The summed E-state index contributed by atoms with van der Waals surface area (Å²) in [5, 5.41) is 0.315. The van der Waals surface area contributed by atoms with Crippen LogP contribution in [0.1, 0.15) is 29.3 Å². The molecule has 14 heavy (non-hydrogen) atoms. The van der Waals surface area contributed by atoms with Gasteiger partial charge in [-0.2, -0.15) is 0 Å². The van der Waals surface area contributed by atoms with Crippen LogP contribution < -0.4 is 11.5 Å². The molecule has 0 heterocycles. The van der Waals surface area contributed by atoms with Gasteiger partial charge in [0.25, 0.3) is 5.91 Å². The number of nitrogens with two attached hydrogens (primary N) is 2. The Hall–Kier alpha value is -1.22. The molecule has 0 aliphatic heterocycles. The molecule has 4 N–H and O–H groups in total. The predicted octanol–water partition coefficient (Wildman–Crippen LogP) is 1.97. The van der Waals surface area contributed by atoms with E-state index in [1.165, 1.54) is 0 Å². The first-order valence-electron chi connectivity index (χ1n) is 4.44. The standard InChI is InChI=1S/C10H13ClN2O/c1-2-3-6-4-5-7(11)8(9(6)12)10(13)14/h4-5H,2-3,12H2,1H3,(H2,13,14). The molecule has 3 nitrogen and oxygen atoms in total. The highest BCUT2D eigenvalue weighted by atomic mass is 35.5. The van der Waals surface area contributed by atoms with Crippen molar-refractivity contribution in [2.75, 3.05) is 5.73 Å². The number of primary amides is 1. The minimum Gasteiger partial charge on any atom is -0.398 e. The van der Waals surface area contributed by atoms with Crippen molar-refractivity contribution >= 4 is 23.2 Å². The molecule has 1 aromatic rings. The van der Waals surface area contributed by atoms with E-state index in [2.05, 4.69) is 0 Å². The third-order valence-electron chi connectivity index (χ3n) is 2.05. The number of nitrogen functional groups attached to an aromatic ring is 1. The molecule has 0 radical (unpaired) electrons. The van der Waals surface area contributed by atoms with Gasteiger partial charge < -0.3 is 11.5 Å². The van der Waals surface area contributed by atoms with E-state index in [1.807, 2.05) is 13.0 Å². The molecule has 0 fully saturated rings. The van der Waals surface area contributed by atoms with Crippen LogP contribution in [0.2, 0.25) is 5.02 Å². The minimum absolute atomic E-state index is 0.234. The first-order chi connectivity index (χ1) is 6.57. The topological polar surface area (TPSA) is 69.1 Å². The van der Waals surface area contributed by atoms with Crippen molar-refractivity contribution in [3.63, 3.8) is 0 Å². The van der Waals surface area contributed by atoms with Gasteiger partial charge in [0.05, 0.1) is 10.6 Å². The Morgan fingerprint density at radius 2 is 2.14 bits per heavy atom. The van der Waals surface area contributed by atoms with Gasteiger partial charge in [-0.15, -0.1) is 0 Å². The summed E-state index contributed by atoms with van der Waals surface area (Å²) in [6.07, 6.45) is 1.79. The van der Waals surface area contributed by atoms with Gasteiger partial charge in [-0.05, 0) is 18.1 Å². The monoisotopic (exact) mass is 212 g/mol. The average Bonchev–Trinajstić information content (AvgIpc) is 2.10. The first-order valence-corrected chi connectivity index (χ1v) is 4.82. The second kappa shape index (κ2) is 4.33. The van der Waals surface area contributed by atoms with Gasteiger partial charge in [-0.1, -0.05) is 31.0 Å². The number of rotatable bonds is 3. The zero-order chi connectivity index (χ0) is 10.7. The second-order valence-electron chi connectivity index (χ2n) is 3.11. The maximum Gasteiger partial charge on any atom is 0.252 e. The number of carbonyl (C=O) groups is 1.